The van der Waals surface area contributed by atoms with Gasteiger partial charge in [0.05, 0.1) is 0 Å². The number of ether oxygens (including phenoxy) is 1. The van der Waals surface area contributed by atoms with Gasteiger partial charge in [0.15, 0.2) is 0 Å². The summed E-state index contributed by atoms with van der Waals surface area (Å²) in [6, 6.07) is 5.72. The number of benzene rings is 1. The highest BCUT2D eigenvalue weighted by Crippen LogP contribution is 2.22. The molecule has 0 aliphatic heterocycles. The van der Waals surface area contributed by atoms with Gasteiger partial charge in [-0.25, -0.2) is 0 Å². The van der Waals surface area contributed by atoms with Gasteiger partial charge in [0, 0.05) is 11.6 Å². The molecule has 0 saturated carbocycles. The zero-order valence-electron chi connectivity index (χ0n) is 10.1. The number of halogens is 1. The van der Waals surface area contributed by atoms with Crippen LogP contribution in [0, 0.1) is 6.92 Å². The Morgan fingerprint density at radius 2 is 2.12 bits per heavy atom. The Labute approximate surface area is 103 Å². The van der Waals surface area contributed by atoms with Crippen molar-refractivity contribution in [2.24, 2.45) is 0 Å². The Hall–Kier alpha value is -0.730. The van der Waals surface area contributed by atoms with Crippen molar-refractivity contribution in [1.29, 1.82) is 0 Å². The zero-order chi connectivity index (χ0) is 11.8. The molecule has 0 aliphatic rings. The standard InChI is InChI=1S/C13H20ClNO/c1-3-4-7-15-8-9-16-13-10-12(14)6-5-11(13)2/h5-6,10,15H,3-4,7-9H2,1-2H3. The third kappa shape index (κ3) is 4.86. The average molecular weight is 242 g/mol. The first-order valence-corrected chi connectivity index (χ1v) is 6.21. The second-order valence-corrected chi connectivity index (χ2v) is 4.30. The lowest BCUT2D eigenvalue weighted by atomic mass is 10.2. The summed E-state index contributed by atoms with van der Waals surface area (Å²) in [7, 11) is 0. The Morgan fingerprint density at radius 1 is 1.31 bits per heavy atom. The molecule has 2 nitrogen and oxygen atoms in total. The van der Waals surface area contributed by atoms with Crippen LogP contribution in [0.2, 0.25) is 5.02 Å². The Balaban J connectivity index is 2.23. The maximum atomic E-state index is 5.90. The van der Waals surface area contributed by atoms with Crippen LogP contribution in [-0.2, 0) is 0 Å². The summed E-state index contributed by atoms with van der Waals surface area (Å²) in [5, 5.41) is 4.05. The molecule has 0 aromatic heterocycles. The van der Waals surface area contributed by atoms with Gasteiger partial charge in [-0.05, 0) is 37.6 Å². The molecule has 0 bridgehead atoms. The molecule has 1 N–H and O–H groups in total. The van der Waals surface area contributed by atoms with E-state index >= 15 is 0 Å². The number of hydrogen-bond donors (Lipinski definition) is 1. The molecule has 0 saturated heterocycles. The van der Waals surface area contributed by atoms with E-state index in [0.29, 0.717) is 6.61 Å². The van der Waals surface area contributed by atoms with Crippen LogP contribution in [0.1, 0.15) is 25.3 Å². The summed E-state index contributed by atoms with van der Waals surface area (Å²) in [6.07, 6.45) is 2.44. The third-order valence-electron chi connectivity index (χ3n) is 2.39. The van der Waals surface area contributed by atoms with E-state index in [-0.39, 0.29) is 0 Å². The van der Waals surface area contributed by atoms with Gasteiger partial charge in [0.25, 0.3) is 0 Å². The van der Waals surface area contributed by atoms with E-state index in [0.717, 1.165) is 29.4 Å². The van der Waals surface area contributed by atoms with E-state index in [2.05, 4.69) is 12.2 Å². The fourth-order valence-electron chi connectivity index (χ4n) is 1.39. The lowest BCUT2D eigenvalue weighted by Crippen LogP contribution is -2.22. The van der Waals surface area contributed by atoms with Gasteiger partial charge in [-0.3, -0.25) is 0 Å². The Kier molecular flexibility index (Phi) is 6.27. The van der Waals surface area contributed by atoms with Gasteiger partial charge in [-0.15, -0.1) is 0 Å². The highest BCUT2D eigenvalue weighted by molar-refractivity contribution is 6.30. The highest BCUT2D eigenvalue weighted by Gasteiger charge is 1.99. The minimum absolute atomic E-state index is 0.685. The number of rotatable bonds is 7. The van der Waals surface area contributed by atoms with Gasteiger partial charge in [0.2, 0.25) is 0 Å². The lowest BCUT2D eigenvalue weighted by molar-refractivity contribution is 0.312. The second kappa shape index (κ2) is 7.53. The predicted molar refractivity (Wildman–Crippen MR) is 69.5 cm³/mol. The smallest absolute Gasteiger partial charge is 0.123 e. The van der Waals surface area contributed by atoms with E-state index in [4.69, 9.17) is 16.3 Å². The molecule has 16 heavy (non-hydrogen) atoms. The van der Waals surface area contributed by atoms with E-state index in [9.17, 15) is 0 Å². The van der Waals surface area contributed by atoms with E-state index in [1.807, 2.05) is 25.1 Å². The van der Waals surface area contributed by atoms with Crippen LogP contribution < -0.4 is 10.1 Å². The van der Waals surface area contributed by atoms with Crippen LogP contribution >= 0.6 is 11.6 Å². The van der Waals surface area contributed by atoms with E-state index < -0.39 is 0 Å². The first-order valence-electron chi connectivity index (χ1n) is 5.83. The van der Waals surface area contributed by atoms with Gasteiger partial charge in [-0.2, -0.15) is 0 Å². The zero-order valence-corrected chi connectivity index (χ0v) is 10.8. The van der Waals surface area contributed by atoms with Gasteiger partial charge >= 0.3 is 0 Å². The summed E-state index contributed by atoms with van der Waals surface area (Å²) < 4.78 is 5.65. The molecule has 0 unspecified atom stereocenters. The van der Waals surface area contributed by atoms with Gasteiger partial charge < -0.3 is 10.1 Å². The van der Waals surface area contributed by atoms with Crippen molar-refractivity contribution in [3.05, 3.63) is 28.8 Å². The molecule has 1 rings (SSSR count). The van der Waals surface area contributed by atoms with Crippen molar-refractivity contribution >= 4 is 11.6 Å². The van der Waals surface area contributed by atoms with Crippen LogP contribution in [0.3, 0.4) is 0 Å². The molecular weight excluding hydrogens is 222 g/mol. The summed E-state index contributed by atoms with van der Waals surface area (Å²) in [4.78, 5) is 0. The van der Waals surface area contributed by atoms with Crippen LogP contribution in [0.15, 0.2) is 18.2 Å². The first kappa shape index (κ1) is 13.3. The summed E-state index contributed by atoms with van der Waals surface area (Å²) >= 11 is 5.90. The molecule has 90 valence electrons. The Bertz CT molecular complexity index is 315. The molecule has 0 amide bonds. The molecule has 0 radical (unpaired) electrons. The minimum Gasteiger partial charge on any atom is -0.492 e. The van der Waals surface area contributed by atoms with E-state index in [1.165, 1.54) is 12.8 Å². The molecule has 0 spiro atoms. The van der Waals surface area contributed by atoms with Crippen molar-refractivity contribution in [3.8, 4) is 5.75 Å². The molecule has 1 aromatic rings. The molecule has 0 heterocycles. The third-order valence-corrected chi connectivity index (χ3v) is 2.63. The maximum Gasteiger partial charge on any atom is 0.123 e. The largest absolute Gasteiger partial charge is 0.492 e. The van der Waals surface area contributed by atoms with Crippen molar-refractivity contribution in [2.75, 3.05) is 19.7 Å². The number of unbranched alkanes of at least 4 members (excludes halogenated alkanes) is 1. The number of hydrogen-bond acceptors (Lipinski definition) is 2. The fraction of sp³-hybridized carbons (Fsp3) is 0.538. The fourth-order valence-corrected chi connectivity index (χ4v) is 1.55. The monoisotopic (exact) mass is 241 g/mol. The summed E-state index contributed by atoms with van der Waals surface area (Å²) in [5.74, 6) is 0.879. The van der Waals surface area contributed by atoms with Crippen LogP contribution in [-0.4, -0.2) is 19.7 Å². The molecule has 1 aromatic carbocycles. The van der Waals surface area contributed by atoms with Crippen molar-refractivity contribution < 1.29 is 4.74 Å². The van der Waals surface area contributed by atoms with Gasteiger partial charge in [0.1, 0.15) is 12.4 Å². The number of aryl methyl sites for hydroxylation is 1. The van der Waals surface area contributed by atoms with Crippen molar-refractivity contribution in [3.63, 3.8) is 0 Å². The molecule has 3 heteroatoms. The first-order chi connectivity index (χ1) is 7.74. The summed E-state index contributed by atoms with van der Waals surface area (Å²) in [5.41, 5.74) is 1.12. The topological polar surface area (TPSA) is 21.3 Å². The molecule has 0 atom stereocenters. The van der Waals surface area contributed by atoms with Crippen LogP contribution in [0.4, 0.5) is 0 Å². The Morgan fingerprint density at radius 3 is 2.88 bits per heavy atom. The molecule has 0 aliphatic carbocycles. The van der Waals surface area contributed by atoms with Crippen molar-refractivity contribution in [1.82, 2.24) is 5.32 Å². The average Bonchev–Trinajstić information content (AvgIpc) is 2.28. The lowest BCUT2D eigenvalue weighted by Gasteiger charge is -2.09. The predicted octanol–water partition coefficient (Wildman–Crippen LogP) is 3.42. The minimum atomic E-state index is 0.685. The quantitative estimate of drug-likeness (QED) is 0.739. The molecule has 0 fully saturated rings. The van der Waals surface area contributed by atoms with Crippen LogP contribution in [0.25, 0.3) is 0 Å². The van der Waals surface area contributed by atoms with E-state index in [1.54, 1.807) is 0 Å². The molecular formula is C13H20ClNO. The SMILES string of the molecule is CCCCNCCOc1cc(Cl)ccc1C. The van der Waals surface area contributed by atoms with Crippen LogP contribution in [0.5, 0.6) is 5.75 Å². The van der Waals surface area contributed by atoms with Crippen molar-refractivity contribution in [2.45, 2.75) is 26.7 Å². The second-order valence-electron chi connectivity index (χ2n) is 3.86. The number of nitrogens with one attached hydrogen (secondary N) is 1. The normalized spacial score (nSPS) is 10.4. The highest BCUT2D eigenvalue weighted by atomic mass is 35.5. The summed E-state index contributed by atoms with van der Waals surface area (Å²) in [6.45, 7) is 6.84. The van der Waals surface area contributed by atoms with Gasteiger partial charge in [-0.1, -0.05) is 31.0 Å². The maximum absolute atomic E-state index is 5.90.